The molecule has 3 rings (SSSR count). The quantitative estimate of drug-likeness (QED) is 0.796. The minimum atomic E-state index is 0.655. The van der Waals surface area contributed by atoms with Crippen LogP contribution in [0.25, 0.3) is 0 Å². The van der Waals surface area contributed by atoms with Crippen LogP contribution in [0.5, 0.6) is 0 Å². The van der Waals surface area contributed by atoms with Gasteiger partial charge < -0.3 is 5.32 Å². The van der Waals surface area contributed by atoms with Gasteiger partial charge in [-0.05, 0) is 56.4 Å². The van der Waals surface area contributed by atoms with E-state index in [2.05, 4.69) is 41.5 Å². The predicted molar refractivity (Wildman–Crippen MR) is 71.1 cm³/mol. The maximum Gasteiger partial charge on any atom is 0.0377 e. The fourth-order valence-corrected chi connectivity index (χ4v) is 3.50. The molecule has 2 nitrogen and oxygen atoms in total. The van der Waals surface area contributed by atoms with Crippen molar-refractivity contribution in [2.24, 2.45) is 5.92 Å². The molecule has 92 valence electrons. The van der Waals surface area contributed by atoms with Crippen molar-refractivity contribution < 1.29 is 0 Å². The van der Waals surface area contributed by atoms with Crippen molar-refractivity contribution in [1.29, 1.82) is 0 Å². The van der Waals surface area contributed by atoms with Crippen LogP contribution < -0.4 is 5.32 Å². The van der Waals surface area contributed by atoms with Crippen LogP contribution in [0.1, 0.15) is 30.0 Å². The van der Waals surface area contributed by atoms with Crippen LogP contribution >= 0.6 is 0 Å². The van der Waals surface area contributed by atoms with Crippen molar-refractivity contribution >= 4 is 0 Å². The fourth-order valence-electron chi connectivity index (χ4n) is 3.50. The number of hydrogen-bond donors (Lipinski definition) is 1. The Kier molecular flexibility index (Phi) is 3.17. The highest BCUT2D eigenvalue weighted by Crippen LogP contribution is 2.37. The largest absolute Gasteiger partial charge is 0.317 e. The average molecular weight is 230 g/mol. The molecule has 2 heterocycles. The molecule has 2 aliphatic heterocycles. The van der Waals surface area contributed by atoms with Gasteiger partial charge >= 0.3 is 0 Å². The molecule has 1 aromatic carbocycles. The zero-order valence-electron chi connectivity index (χ0n) is 10.7. The molecule has 1 atom stereocenters. The molecule has 0 bridgehead atoms. The van der Waals surface area contributed by atoms with Crippen LogP contribution in [0.4, 0.5) is 0 Å². The van der Waals surface area contributed by atoms with E-state index in [1.165, 1.54) is 38.9 Å². The molecule has 0 amide bonds. The van der Waals surface area contributed by atoms with Gasteiger partial charge in [-0.2, -0.15) is 0 Å². The molecule has 0 saturated carbocycles. The molecule has 0 aliphatic carbocycles. The van der Waals surface area contributed by atoms with E-state index in [9.17, 15) is 0 Å². The SMILES string of the molecule is CN1CCc2ccccc2[C@@H]1C1CCNCC1. The molecular formula is C15H22N2. The van der Waals surface area contributed by atoms with E-state index >= 15 is 0 Å². The van der Waals surface area contributed by atoms with Gasteiger partial charge in [-0.25, -0.2) is 0 Å². The molecule has 1 aromatic rings. The number of benzene rings is 1. The van der Waals surface area contributed by atoms with E-state index in [0.717, 1.165) is 5.92 Å². The minimum Gasteiger partial charge on any atom is -0.317 e. The minimum absolute atomic E-state index is 0.655. The third-order valence-corrected chi connectivity index (χ3v) is 4.41. The third kappa shape index (κ3) is 2.12. The second kappa shape index (κ2) is 4.79. The molecule has 2 heteroatoms. The van der Waals surface area contributed by atoms with E-state index in [1.54, 1.807) is 11.1 Å². The second-order valence-corrected chi connectivity index (χ2v) is 5.46. The molecule has 2 aliphatic rings. The molecule has 1 fully saturated rings. The molecule has 0 aromatic heterocycles. The molecule has 0 spiro atoms. The van der Waals surface area contributed by atoms with E-state index in [-0.39, 0.29) is 0 Å². The molecule has 1 saturated heterocycles. The Morgan fingerprint density at radius 2 is 1.94 bits per heavy atom. The monoisotopic (exact) mass is 230 g/mol. The lowest BCUT2D eigenvalue weighted by Gasteiger charge is -2.41. The van der Waals surface area contributed by atoms with Crippen LogP contribution in [0.2, 0.25) is 0 Å². The first-order valence-electron chi connectivity index (χ1n) is 6.85. The van der Waals surface area contributed by atoms with Crippen molar-refractivity contribution in [3.63, 3.8) is 0 Å². The molecular weight excluding hydrogens is 208 g/mol. The lowest BCUT2D eigenvalue weighted by molar-refractivity contribution is 0.139. The first kappa shape index (κ1) is 11.2. The maximum atomic E-state index is 3.47. The van der Waals surface area contributed by atoms with E-state index < -0.39 is 0 Å². The van der Waals surface area contributed by atoms with Crippen LogP contribution in [0, 0.1) is 5.92 Å². The Morgan fingerprint density at radius 1 is 1.18 bits per heavy atom. The number of nitrogens with one attached hydrogen (secondary N) is 1. The van der Waals surface area contributed by atoms with Gasteiger partial charge in [-0.3, -0.25) is 4.90 Å². The van der Waals surface area contributed by atoms with Crippen molar-refractivity contribution in [2.45, 2.75) is 25.3 Å². The first-order chi connectivity index (χ1) is 8.36. The molecule has 0 unspecified atom stereocenters. The zero-order valence-corrected chi connectivity index (χ0v) is 10.7. The Balaban J connectivity index is 1.91. The summed E-state index contributed by atoms with van der Waals surface area (Å²) >= 11 is 0. The highest BCUT2D eigenvalue weighted by molar-refractivity contribution is 5.33. The van der Waals surface area contributed by atoms with Gasteiger partial charge in [0, 0.05) is 12.6 Å². The van der Waals surface area contributed by atoms with Crippen LogP contribution in [-0.2, 0) is 6.42 Å². The Hall–Kier alpha value is -0.860. The number of nitrogens with zero attached hydrogens (tertiary/aromatic N) is 1. The molecule has 17 heavy (non-hydrogen) atoms. The summed E-state index contributed by atoms with van der Waals surface area (Å²) in [5.41, 5.74) is 3.17. The van der Waals surface area contributed by atoms with Gasteiger partial charge in [-0.15, -0.1) is 0 Å². The Morgan fingerprint density at radius 3 is 2.76 bits per heavy atom. The van der Waals surface area contributed by atoms with Crippen LogP contribution in [-0.4, -0.2) is 31.6 Å². The van der Waals surface area contributed by atoms with Gasteiger partial charge in [0.05, 0.1) is 0 Å². The molecule has 0 radical (unpaired) electrons. The van der Waals surface area contributed by atoms with Crippen LogP contribution in [0.15, 0.2) is 24.3 Å². The van der Waals surface area contributed by atoms with Crippen molar-refractivity contribution in [2.75, 3.05) is 26.7 Å². The van der Waals surface area contributed by atoms with Crippen molar-refractivity contribution in [3.05, 3.63) is 35.4 Å². The van der Waals surface area contributed by atoms with Gasteiger partial charge in [0.25, 0.3) is 0 Å². The summed E-state index contributed by atoms with van der Waals surface area (Å²) in [5, 5.41) is 3.47. The predicted octanol–water partition coefficient (Wildman–Crippen LogP) is 2.22. The summed E-state index contributed by atoms with van der Waals surface area (Å²) in [5.74, 6) is 0.836. The van der Waals surface area contributed by atoms with E-state index in [4.69, 9.17) is 0 Å². The summed E-state index contributed by atoms with van der Waals surface area (Å²) in [6.45, 7) is 3.60. The molecule has 1 N–H and O–H groups in total. The summed E-state index contributed by atoms with van der Waals surface area (Å²) in [6.07, 6.45) is 3.86. The number of fused-ring (bicyclic) bond motifs is 1. The maximum absolute atomic E-state index is 3.47. The van der Waals surface area contributed by atoms with Gasteiger partial charge in [0.1, 0.15) is 0 Å². The Bertz CT molecular complexity index is 382. The number of rotatable bonds is 1. The standard InChI is InChI=1S/C15H22N2/c1-17-11-8-12-4-2-3-5-14(12)15(17)13-6-9-16-10-7-13/h2-5,13,15-16H,6-11H2,1H3/t15-/m0/s1. The van der Waals surface area contributed by atoms with Crippen molar-refractivity contribution in [3.8, 4) is 0 Å². The van der Waals surface area contributed by atoms with E-state index in [0.29, 0.717) is 6.04 Å². The Labute approximate surface area is 104 Å². The lowest BCUT2D eigenvalue weighted by atomic mass is 9.81. The number of hydrogen-bond acceptors (Lipinski definition) is 2. The van der Waals surface area contributed by atoms with Gasteiger partial charge in [0.15, 0.2) is 0 Å². The number of piperidine rings is 1. The second-order valence-electron chi connectivity index (χ2n) is 5.46. The fraction of sp³-hybridized carbons (Fsp3) is 0.600. The third-order valence-electron chi connectivity index (χ3n) is 4.41. The van der Waals surface area contributed by atoms with E-state index in [1.807, 2.05) is 0 Å². The summed E-state index contributed by atoms with van der Waals surface area (Å²) in [4.78, 5) is 2.57. The van der Waals surface area contributed by atoms with Crippen molar-refractivity contribution in [1.82, 2.24) is 10.2 Å². The van der Waals surface area contributed by atoms with Gasteiger partial charge in [0.2, 0.25) is 0 Å². The zero-order chi connectivity index (χ0) is 11.7. The summed E-state index contributed by atoms with van der Waals surface area (Å²) in [6, 6.07) is 9.70. The first-order valence-corrected chi connectivity index (χ1v) is 6.85. The lowest BCUT2D eigenvalue weighted by Crippen LogP contribution is -2.40. The van der Waals surface area contributed by atoms with Gasteiger partial charge in [-0.1, -0.05) is 24.3 Å². The highest BCUT2D eigenvalue weighted by atomic mass is 15.1. The summed E-state index contributed by atoms with van der Waals surface area (Å²) < 4.78 is 0. The smallest absolute Gasteiger partial charge is 0.0377 e. The topological polar surface area (TPSA) is 15.3 Å². The normalized spacial score (nSPS) is 26.8. The average Bonchev–Trinajstić information content (AvgIpc) is 2.39. The highest BCUT2D eigenvalue weighted by Gasteiger charge is 2.31. The number of likely N-dealkylation sites (N-methyl/N-ethyl adjacent to an activating group) is 1. The van der Waals surface area contributed by atoms with Crippen LogP contribution in [0.3, 0.4) is 0 Å². The summed E-state index contributed by atoms with van der Waals surface area (Å²) in [7, 11) is 2.29.